The predicted molar refractivity (Wildman–Crippen MR) is 101 cm³/mol. The number of ether oxygens (including phenoxy) is 4. The second-order valence-electron chi connectivity index (χ2n) is 6.42. The number of Topliss-reactive ketones (excluding diaryl/α,β-unsaturated/α-hetero) is 1. The SMILES string of the molecule is CCCCCCCCCCCOCCOCCOCCOCC(C)=O. The van der Waals surface area contributed by atoms with Crippen molar-refractivity contribution in [3.05, 3.63) is 0 Å². The number of carbonyl (C=O) groups is 1. The first-order chi connectivity index (χ1) is 12.3. The number of hydrogen-bond donors (Lipinski definition) is 0. The summed E-state index contributed by atoms with van der Waals surface area (Å²) >= 11 is 0. The first-order valence-corrected chi connectivity index (χ1v) is 10.1. The minimum atomic E-state index is 0.0331. The number of unbranched alkanes of at least 4 members (excludes halogenated alkanes) is 8. The van der Waals surface area contributed by atoms with Crippen LogP contribution in [-0.4, -0.2) is 58.6 Å². The van der Waals surface area contributed by atoms with Gasteiger partial charge in [-0.1, -0.05) is 58.3 Å². The second-order valence-corrected chi connectivity index (χ2v) is 6.42. The van der Waals surface area contributed by atoms with Crippen LogP contribution in [-0.2, 0) is 23.7 Å². The van der Waals surface area contributed by atoms with Crippen LogP contribution in [0.2, 0.25) is 0 Å². The summed E-state index contributed by atoms with van der Waals surface area (Å²) in [6, 6.07) is 0. The van der Waals surface area contributed by atoms with E-state index in [1.165, 1.54) is 58.3 Å². The molecule has 150 valence electrons. The fourth-order valence-corrected chi connectivity index (χ4v) is 2.39. The van der Waals surface area contributed by atoms with Gasteiger partial charge in [0.15, 0.2) is 5.78 Å². The van der Waals surface area contributed by atoms with Gasteiger partial charge in [0, 0.05) is 6.61 Å². The third kappa shape index (κ3) is 23.5. The Morgan fingerprint density at radius 2 is 0.960 bits per heavy atom. The molecule has 0 aromatic rings. The first kappa shape index (κ1) is 24.5. The second kappa shape index (κ2) is 21.6. The molecule has 25 heavy (non-hydrogen) atoms. The average Bonchev–Trinajstić information content (AvgIpc) is 2.60. The Kier molecular flexibility index (Phi) is 21.1. The molecule has 0 rings (SSSR count). The van der Waals surface area contributed by atoms with E-state index >= 15 is 0 Å². The van der Waals surface area contributed by atoms with E-state index in [-0.39, 0.29) is 12.4 Å². The third-order valence-corrected chi connectivity index (χ3v) is 3.81. The molecule has 0 N–H and O–H groups in total. The number of rotatable bonds is 21. The van der Waals surface area contributed by atoms with Gasteiger partial charge in [0.05, 0.1) is 39.6 Å². The third-order valence-electron chi connectivity index (χ3n) is 3.81. The molecule has 5 heteroatoms. The van der Waals surface area contributed by atoms with E-state index in [2.05, 4.69) is 6.92 Å². The van der Waals surface area contributed by atoms with Gasteiger partial charge in [0.25, 0.3) is 0 Å². The van der Waals surface area contributed by atoms with Crippen LogP contribution in [0.3, 0.4) is 0 Å². The fraction of sp³-hybridized carbons (Fsp3) is 0.950. The standard InChI is InChI=1S/C20H40O5/c1-3-4-5-6-7-8-9-10-11-12-22-13-14-23-15-16-24-17-18-25-19-20(2)21/h3-19H2,1-2H3. The minimum Gasteiger partial charge on any atom is -0.379 e. The van der Waals surface area contributed by atoms with Crippen LogP contribution in [0.15, 0.2) is 0 Å². The molecule has 0 saturated heterocycles. The lowest BCUT2D eigenvalue weighted by Crippen LogP contribution is -2.13. The van der Waals surface area contributed by atoms with E-state index in [1.807, 2.05) is 0 Å². The van der Waals surface area contributed by atoms with Crippen molar-refractivity contribution in [2.75, 3.05) is 52.9 Å². The Balaban J connectivity index is 2.97. The normalized spacial score (nSPS) is 11.1. The van der Waals surface area contributed by atoms with E-state index < -0.39 is 0 Å². The summed E-state index contributed by atoms with van der Waals surface area (Å²) < 4.78 is 21.4. The van der Waals surface area contributed by atoms with Gasteiger partial charge in [-0.05, 0) is 13.3 Å². The van der Waals surface area contributed by atoms with Crippen LogP contribution >= 0.6 is 0 Å². The smallest absolute Gasteiger partial charge is 0.155 e. The van der Waals surface area contributed by atoms with Crippen LogP contribution < -0.4 is 0 Å². The summed E-state index contributed by atoms with van der Waals surface area (Å²) in [6.45, 7) is 8.07. The summed E-state index contributed by atoms with van der Waals surface area (Å²) in [6.07, 6.45) is 12.0. The quantitative estimate of drug-likeness (QED) is 0.288. The highest BCUT2D eigenvalue weighted by Crippen LogP contribution is 2.09. The summed E-state index contributed by atoms with van der Waals surface area (Å²) in [4.78, 5) is 10.6. The predicted octanol–water partition coefficient (Wildman–Crippen LogP) is 4.17. The van der Waals surface area contributed by atoms with Gasteiger partial charge in [-0.25, -0.2) is 0 Å². The lowest BCUT2D eigenvalue weighted by Gasteiger charge is -2.07. The highest BCUT2D eigenvalue weighted by Gasteiger charge is 1.95. The fourth-order valence-electron chi connectivity index (χ4n) is 2.39. The van der Waals surface area contributed by atoms with Crippen molar-refractivity contribution < 1.29 is 23.7 Å². The Morgan fingerprint density at radius 3 is 1.44 bits per heavy atom. The van der Waals surface area contributed by atoms with E-state index in [9.17, 15) is 4.79 Å². The van der Waals surface area contributed by atoms with E-state index in [0.717, 1.165) is 13.0 Å². The molecule has 5 nitrogen and oxygen atoms in total. The van der Waals surface area contributed by atoms with Crippen LogP contribution in [0, 0.1) is 0 Å². The van der Waals surface area contributed by atoms with Crippen molar-refractivity contribution in [1.82, 2.24) is 0 Å². The number of ketones is 1. The molecule has 0 amide bonds. The van der Waals surface area contributed by atoms with Crippen molar-refractivity contribution in [2.45, 2.75) is 71.6 Å². The van der Waals surface area contributed by atoms with Crippen molar-refractivity contribution in [3.63, 3.8) is 0 Å². The van der Waals surface area contributed by atoms with Gasteiger partial charge in [-0.2, -0.15) is 0 Å². The molecule has 0 unspecified atom stereocenters. The first-order valence-electron chi connectivity index (χ1n) is 10.1. The summed E-state index contributed by atoms with van der Waals surface area (Å²) in [7, 11) is 0. The molecule has 0 atom stereocenters. The Hall–Kier alpha value is -0.490. The van der Waals surface area contributed by atoms with E-state index in [4.69, 9.17) is 18.9 Å². The lowest BCUT2D eigenvalue weighted by molar-refractivity contribution is -0.122. The molecule has 0 aliphatic rings. The molecule has 0 fully saturated rings. The molecule has 0 spiro atoms. The number of hydrogen-bond acceptors (Lipinski definition) is 5. The van der Waals surface area contributed by atoms with Crippen LogP contribution in [0.1, 0.15) is 71.6 Å². The van der Waals surface area contributed by atoms with Crippen molar-refractivity contribution >= 4 is 5.78 Å². The molecule has 0 aliphatic heterocycles. The van der Waals surface area contributed by atoms with E-state index in [1.54, 1.807) is 0 Å². The van der Waals surface area contributed by atoms with Crippen LogP contribution in [0.5, 0.6) is 0 Å². The number of carbonyl (C=O) groups excluding carboxylic acids is 1. The average molecular weight is 361 g/mol. The van der Waals surface area contributed by atoms with Gasteiger partial charge in [-0.15, -0.1) is 0 Å². The Labute approximate surface area is 154 Å². The summed E-state index contributed by atoms with van der Waals surface area (Å²) in [5.41, 5.74) is 0. The molecular formula is C20H40O5. The molecule has 0 saturated carbocycles. The molecule has 0 aliphatic carbocycles. The van der Waals surface area contributed by atoms with Crippen LogP contribution in [0.4, 0.5) is 0 Å². The van der Waals surface area contributed by atoms with Gasteiger partial charge < -0.3 is 18.9 Å². The van der Waals surface area contributed by atoms with Crippen LogP contribution in [0.25, 0.3) is 0 Å². The monoisotopic (exact) mass is 360 g/mol. The minimum absolute atomic E-state index is 0.0331. The van der Waals surface area contributed by atoms with Crippen molar-refractivity contribution in [3.8, 4) is 0 Å². The highest BCUT2D eigenvalue weighted by atomic mass is 16.6. The lowest BCUT2D eigenvalue weighted by atomic mass is 10.1. The molecule has 0 aromatic heterocycles. The van der Waals surface area contributed by atoms with Gasteiger partial charge in [0.2, 0.25) is 0 Å². The van der Waals surface area contributed by atoms with Gasteiger partial charge in [0.1, 0.15) is 6.61 Å². The molecule has 0 aromatic carbocycles. The maximum Gasteiger partial charge on any atom is 0.155 e. The molecular weight excluding hydrogens is 320 g/mol. The summed E-state index contributed by atoms with van der Waals surface area (Å²) in [5, 5.41) is 0. The molecule has 0 radical (unpaired) electrons. The zero-order chi connectivity index (χ0) is 18.4. The largest absolute Gasteiger partial charge is 0.379 e. The van der Waals surface area contributed by atoms with Crippen molar-refractivity contribution in [1.29, 1.82) is 0 Å². The maximum absolute atomic E-state index is 10.6. The van der Waals surface area contributed by atoms with Crippen molar-refractivity contribution in [2.24, 2.45) is 0 Å². The summed E-state index contributed by atoms with van der Waals surface area (Å²) in [5.74, 6) is 0.0331. The maximum atomic E-state index is 10.6. The van der Waals surface area contributed by atoms with Gasteiger partial charge >= 0.3 is 0 Å². The van der Waals surface area contributed by atoms with Gasteiger partial charge in [-0.3, -0.25) is 4.79 Å². The van der Waals surface area contributed by atoms with E-state index in [0.29, 0.717) is 39.6 Å². The topological polar surface area (TPSA) is 54.0 Å². The molecule has 0 heterocycles. The zero-order valence-electron chi connectivity index (χ0n) is 16.6. The Morgan fingerprint density at radius 1 is 0.560 bits per heavy atom. The highest BCUT2D eigenvalue weighted by molar-refractivity contribution is 5.76. The zero-order valence-corrected chi connectivity index (χ0v) is 16.6. The molecule has 0 bridgehead atoms. The Bertz CT molecular complexity index is 271.